The van der Waals surface area contributed by atoms with Crippen LogP contribution in [0.3, 0.4) is 0 Å². The predicted octanol–water partition coefficient (Wildman–Crippen LogP) is 3.35. The Hall–Kier alpha value is -3.00. The number of aryl methyl sites for hydroxylation is 1. The number of anilines is 1. The highest BCUT2D eigenvalue weighted by Gasteiger charge is 2.20. The van der Waals surface area contributed by atoms with Gasteiger partial charge in [-0.1, -0.05) is 0 Å². The second kappa shape index (κ2) is 6.86. The lowest BCUT2D eigenvalue weighted by molar-refractivity contribution is 0.0696. The third-order valence-electron chi connectivity index (χ3n) is 3.57. The molecule has 0 aliphatic heterocycles. The molecule has 2 aromatic heterocycles. The highest BCUT2D eigenvalue weighted by Crippen LogP contribution is 2.34. The van der Waals surface area contributed by atoms with Gasteiger partial charge in [-0.15, -0.1) is 11.3 Å². The molecule has 128 valence electrons. The number of fused-ring (bicyclic) bond motifs is 1. The molecule has 0 unspecified atom stereocenters. The Kier molecular flexibility index (Phi) is 4.62. The first kappa shape index (κ1) is 16.8. The molecular weight excluding hydrogens is 342 g/mol. The Bertz CT molecular complexity index is 950. The molecule has 0 saturated carbocycles. The number of nitrogens with one attached hydrogen (secondary N) is 1. The number of carboxylic acid groups (broad SMARTS) is 1. The molecule has 7 nitrogen and oxygen atoms in total. The van der Waals surface area contributed by atoms with E-state index in [1.165, 1.54) is 29.8 Å². The Labute approximate surface area is 147 Å². The van der Waals surface area contributed by atoms with Gasteiger partial charge >= 0.3 is 5.97 Å². The Morgan fingerprint density at radius 2 is 1.96 bits per heavy atom. The van der Waals surface area contributed by atoms with Crippen LogP contribution in [0, 0.1) is 6.92 Å². The van der Waals surface area contributed by atoms with Crippen LogP contribution in [-0.2, 0) is 0 Å². The van der Waals surface area contributed by atoms with Gasteiger partial charge in [0.25, 0.3) is 5.91 Å². The molecule has 0 radical (unpaired) electrons. The van der Waals surface area contributed by atoms with Crippen LogP contribution >= 0.6 is 11.3 Å². The van der Waals surface area contributed by atoms with Crippen LogP contribution in [0.5, 0.6) is 5.88 Å². The summed E-state index contributed by atoms with van der Waals surface area (Å²) in [7, 11) is 0. The molecule has 3 rings (SSSR count). The number of hydrogen-bond acceptors (Lipinski definition) is 6. The number of aromatic carboxylic acids is 1. The van der Waals surface area contributed by atoms with Gasteiger partial charge < -0.3 is 15.2 Å². The first-order valence-corrected chi connectivity index (χ1v) is 8.34. The lowest BCUT2D eigenvalue weighted by Gasteiger charge is -2.05. The predicted molar refractivity (Wildman–Crippen MR) is 94.7 cm³/mol. The third kappa shape index (κ3) is 3.29. The number of hydrogen-bond donors (Lipinski definition) is 2. The van der Waals surface area contributed by atoms with E-state index in [-0.39, 0.29) is 11.5 Å². The average molecular weight is 357 g/mol. The quantitative estimate of drug-likeness (QED) is 0.726. The fourth-order valence-electron chi connectivity index (χ4n) is 2.39. The summed E-state index contributed by atoms with van der Waals surface area (Å²) in [4.78, 5) is 33.0. The number of carboxylic acids is 1. The molecule has 8 heteroatoms. The highest BCUT2D eigenvalue weighted by atomic mass is 32.1. The largest absolute Gasteiger partial charge is 0.478 e. The molecule has 0 fully saturated rings. The monoisotopic (exact) mass is 357 g/mol. The van der Waals surface area contributed by atoms with Gasteiger partial charge in [0.15, 0.2) is 0 Å². The minimum Gasteiger partial charge on any atom is -0.478 e. The molecule has 25 heavy (non-hydrogen) atoms. The van der Waals surface area contributed by atoms with E-state index >= 15 is 0 Å². The molecule has 2 N–H and O–H groups in total. The van der Waals surface area contributed by atoms with Gasteiger partial charge in [0.1, 0.15) is 11.2 Å². The first-order chi connectivity index (χ1) is 12.0. The maximum Gasteiger partial charge on any atom is 0.335 e. The maximum absolute atomic E-state index is 12.6. The number of nitrogens with zero attached hydrogens (tertiary/aromatic N) is 2. The summed E-state index contributed by atoms with van der Waals surface area (Å²) in [6, 6.07) is 5.98. The van der Waals surface area contributed by atoms with Crippen molar-refractivity contribution in [1.82, 2.24) is 9.97 Å². The van der Waals surface area contributed by atoms with Gasteiger partial charge in [-0.3, -0.25) is 4.79 Å². The van der Waals surface area contributed by atoms with Crippen molar-refractivity contribution in [3.05, 3.63) is 46.6 Å². The molecule has 0 atom stereocenters. The number of rotatable bonds is 5. The van der Waals surface area contributed by atoms with Crippen molar-refractivity contribution in [3.8, 4) is 5.88 Å². The van der Waals surface area contributed by atoms with E-state index in [9.17, 15) is 9.59 Å². The smallest absolute Gasteiger partial charge is 0.335 e. The van der Waals surface area contributed by atoms with E-state index in [0.717, 1.165) is 10.9 Å². The summed E-state index contributed by atoms with van der Waals surface area (Å²) in [5.41, 5.74) is 1.43. The van der Waals surface area contributed by atoms with E-state index in [0.29, 0.717) is 27.9 Å². The SMILES string of the molecule is CCOc1ncnc2sc(C(=O)Nc3ccc(C(=O)O)cc3)c(C)c12. The topological polar surface area (TPSA) is 101 Å². The Balaban J connectivity index is 1.90. The first-order valence-electron chi connectivity index (χ1n) is 7.52. The zero-order valence-corrected chi connectivity index (χ0v) is 14.4. The van der Waals surface area contributed by atoms with Crippen molar-refractivity contribution in [2.45, 2.75) is 13.8 Å². The molecule has 0 bridgehead atoms. The normalized spacial score (nSPS) is 10.6. The summed E-state index contributed by atoms with van der Waals surface area (Å²) in [5, 5.41) is 12.4. The molecular formula is C17H15N3O4S. The van der Waals surface area contributed by atoms with Crippen molar-refractivity contribution >= 4 is 39.1 Å². The van der Waals surface area contributed by atoms with E-state index in [2.05, 4.69) is 15.3 Å². The summed E-state index contributed by atoms with van der Waals surface area (Å²) in [6.45, 7) is 4.16. The van der Waals surface area contributed by atoms with Crippen molar-refractivity contribution < 1.29 is 19.4 Å². The Morgan fingerprint density at radius 1 is 1.24 bits per heavy atom. The second-order valence-corrected chi connectivity index (χ2v) is 6.18. The van der Waals surface area contributed by atoms with E-state index in [4.69, 9.17) is 9.84 Å². The molecule has 1 aromatic carbocycles. The molecule has 0 spiro atoms. The number of thiophene rings is 1. The van der Waals surface area contributed by atoms with Gasteiger partial charge in [0.05, 0.1) is 22.4 Å². The number of ether oxygens (including phenoxy) is 1. The van der Waals surface area contributed by atoms with Crippen LogP contribution in [0.4, 0.5) is 5.69 Å². The fourth-order valence-corrected chi connectivity index (χ4v) is 3.42. The fraction of sp³-hybridized carbons (Fsp3) is 0.176. The van der Waals surface area contributed by atoms with Crippen LogP contribution in [0.2, 0.25) is 0 Å². The van der Waals surface area contributed by atoms with Crippen LogP contribution in [0.15, 0.2) is 30.6 Å². The molecule has 0 aliphatic carbocycles. The van der Waals surface area contributed by atoms with Gasteiger partial charge in [0, 0.05) is 5.69 Å². The van der Waals surface area contributed by atoms with Crippen molar-refractivity contribution in [1.29, 1.82) is 0 Å². The summed E-state index contributed by atoms with van der Waals surface area (Å²) >= 11 is 1.26. The van der Waals surface area contributed by atoms with Crippen LogP contribution < -0.4 is 10.1 Å². The van der Waals surface area contributed by atoms with Gasteiger partial charge in [-0.05, 0) is 43.7 Å². The van der Waals surface area contributed by atoms with Crippen LogP contribution in [0.25, 0.3) is 10.2 Å². The third-order valence-corrected chi connectivity index (χ3v) is 4.77. The van der Waals surface area contributed by atoms with Crippen LogP contribution in [-0.4, -0.2) is 33.6 Å². The van der Waals surface area contributed by atoms with Crippen LogP contribution in [0.1, 0.15) is 32.5 Å². The van der Waals surface area contributed by atoms with Gasteiger partial charge in [-0.2, -0.15) is 0 Å². The molecule has 0 saturated heterocycles. The lowest BCUT2D eigenvalue weighted by Crippen LogP contribution is -2.11. The number of aromatic nitrogens is 2. The van der Waals surface area contributed by atoms with E-state index < -0.39 is 5.97 Å². The molecule has 2 heterocycles. The van der Waals surface area contributed by atoms with Gasteiger partial charge in [-0.25, -0.2) is 14.8 Å². The van der Waals surface area contributed by atoms with E-state index in [1.54, 1.807) is 12.1 Å². The highest BCUT2D eigenvalue weighted by molar-refractivity contribution is 7.20. The molecule has 1 amide bonds. The lowest BCUT2D eigenvalue weighted by atomic mass is 10.2. The average Bonchev–Trinajstić information content (AvgIpc) is 2.94. The zero-order chi connectivity index (χ0) is 18.0. The number of benzene rings is 1. The molecule has 0 aliphatic rings. The summed E-state index contributed by atoms with van der Waals surface area (Å²) < 4.78 is 5.52. The van der Waals surface area contributed by atoms with Crippen molar-refractivity contribution in [3.63, 3.8) is 0 Å². The van der Waals surface area contributed by atoms with Crippen molar-refractivity contribution in [2.75, 3.05) is 11.9 Å². The van der Waals surface area contributed by atoms with E-state index in [1.807, 2.05) is 13.8 Å². The minimum atomic E-state index is -1.01. The Morgan fingerprint density at radius 3 is 2.60 bits per heavy atom. The minimum absolute atomic E-state index is 0.160. The number of carbonyl (C=O) groups excluding carboxylic acids is 1. The summed E-state index contributed by atoms with van der Waals surface area (Å²) in [6.07, 6.45) is 1.41. The number of amides is 1. The standard InChI is InChI=1S/C17H15N3O4S/c1-3-24-15-12-9(2)13(25-16(12)19-8-18-15)14(21)20-11-6-4-10(5-7-11)17(22)23/h4-8H,3H2,1-2H3,(H,20,21)(H,22,23). The van der Waals surface area contributed by atoms with Crippen molar-refractivity contribution in [2.24, 2.45) is 0 Å². The zero-order valence-electron chi connectivity index (χ0n) is 13.6. The maximum atomic E-state index is 12.6. The molecule has 3 aromatic rings. The second-order valence-electron chi connectivity index (χ2n) is 5.18. The number of carbonyl (C=O) groups is 2. The summed E-state index contributed by atoms with van der Waals surface area (Å²) in [5.74, 6) is -0.836. The van der Waals surface area contributed by atoms with Gasteiger partial charge in [0.2, 0.25) is 5.88 Å².